The van der Waals surface area contributed by atoms with Gasteiger partial charge in [-0.1, -0.05) is 0 Å². The lowest BCUT2D eigenvalue weighted by Gasteiger charge is -2.35. The van der Waals surface area contributed by atoms with E-state index < -0.39 is 0 Å². The van der Waals surface area contributed by atoms with Crippen molar-refractivity contribution in [1.29, 1.82) is 0 Å². The molecule has 3 rings (SSSR count). The van der Waals surface area contributed by atoms with Gasteiger partial charge in [0.15, 0.2) is 0 Å². The van der Waals surface area contributed by atoms with Crippen molar-refractivity contribution in [3.63, 3.8) is 0 Å². The first-order chi connectivity index (χ1) is 13.5. The van der Waals surface area contributed by atoms with E-state index in [0.29, 0.717) is 37.9 Å². The highest BCUT2D eigenvalue weighted by molar-refractivity contribution is 9.10. The molecule has 1 aliphatic heterocycles. The monoisotopic (exact) mass is 447 g/mol. The van der Waals surface area contributed by atoms with Crippen LogP contribution in [0.25, 0.3) is 0 Å². The fraction of sp³-hybridized carbons (Fsp3) is 0.389. The Bertz CT molecular complexity index is 795. The zero-order valence-electron chi connectivity index (χ0n) is 15.6. The van der Waals surface area contributed by atoms with Crippen LogP contribution in [0.15, 0.2) is 41.3 Å². The lowest BCUT2D eigenvalue weighted by molar-refractivity contribution is -0.132. The normalized spacial score (nSPS) is 14.2. The van der Waals surface area contributed by atoms with E-state index in [1.54, 1.807) is 48.7 Å². The number of carbonyl (C=O) groups is 2. The van der Waals surface area contributed by atoms with E-state index >= 15 is 0 Å². The number of piperazine rings is 1. The van der Waals surface area contributed by atoms with Crippen molar-refractivity contribution >= 4 is 39.5 Å². The first kappa shape index (κ1) is 20.2. The molecule has 1 fully saturated rings. The number of pyridine rings is 1. The van der Waals surface area contributed by atoms with Gasteiger partial charge in [0, 0.05) is 49.2 Å². The van der Waals surface area contributed by atoms with Crippen molar-refractivity contribution in [2.75, 3.05) is 56.5 Å². The number of nitrogens with zero attached hydrogens (tertiary/aromatic N) is 6. The largest absolute Gasteiger partial charge is 0.338 e. The molecule has 0 saturated carbocycles. The second kappa shape index (κ2) is 9.56. The molecular formula is C18H22BrN7O2. The zero-order valence-corrected chi connectivity index (χ0v) is 17.2. The zero-order chi connectivity index (χ0) is 19.9. The molecule has 2 amide bonds. The summed E-state index contributed by atoms with van der Waals surface area (Å²) in [6, 6.07) is 5.29. The number of hydrogen-bond acceptors (Lipinski definition) is 7. The molecule has 3 heterocycles. The van der Waals surface area contributed by atoms with Gasteiger partial charge in [-0.3, -0.25) is 14.5 Å². The maximum atomic E-state index is 12.5. The minimum absolute atomic E-state index is 0.00527. The van der Waals surface area contributed by atoms with Gasteiger partial charge in [0.25, 0.3) is 0 Å². The highest BCUT2D eigenvalue weighted by Gasteiger charge is 2.23. The minimum Gasteiger partial charge on any atom is -0.338 e. The summed E-state index contributed by atoms with van der Waals surface area (Å²) in [4.78, 5) is 42.8. The number of nitrogens with one attached hydrogen (secondary N) is 1. The number of carbonyl (C=O) groups excluding carboxylic acids is 2. The maximum absolute atomic E-state index is 12.5. The van der Waals surface area contributed by atoms with Gasteiger partial charge in [-0.15, -0.1) is 0 Å². The summed E-state index contributed by atoms with van der Waals surface area (Å²) in [7, 11) is 1.75. The summed E-state index contributed by atoms with van der Waals surface area (Å²) in [5, 5.41) is 2.72. The molecule has 0 atom stereocenters. The van der Waals surface area contributed by atoms with E-state index in [4.69, 9.17) is 0 Å². The van der Waals surface area contributed by atoms with Gasteiger partial charge in [0.05, 0.1) is 13.1 Å². The van der Waals surface area contributed by atoms with E-state index in [-0.39, 0.29) is 24.9 Å². The van der Waals surface area contributed by atoms with Gasteiger partial charge in [-0.25, -0.2) is 15.0 Å². The molecule has 148 valence electrons. The molecule has 1 saturated heterocycles. The molecular weight excluding hydrogens is 426 g/mol. The minimum atomic E-state index is -0.212. The number of hydrogen-bond donors (Lipinski definition) is 1. The van der Waals surface area contributed by atoms with Crippen molar-refractivity contribution in [1.82, 2.24) is 24.8 Å². The van der Waals surface area contributed by atoms with Crippen molar-refractivity contribution in [2.45, 2.75) is 0 Å². The fourth-order valence-corrected chi connectivity index (χ4v) is 3.11. The summed E-state index contributed by atoms with van der Waals surface area (Å²) >= 11 is 3.30. The third-order valence-corrected chi connectivity index (χ3v) is 4.75. The Kier molecular flexibility index (Phi) is 6.88. The second-order valence-electron chi connectivity index (χ2n) is 6.50. The van der Waals surface area contributed by atoms with Crippen LogP contribution in [-0.4, -0.2) is 82.9 Å². The van der Waals surface area contributed by atoms with Crippen molar-refractivity contribution in [3.8, 4) is 0 Å². The van der Waals surface area contributed by atoms with E-state index in [0.717, 1.165) is 4.47 Å². The molecule has 0 unspecified atom stereocenters. The Morgan fingerprint density at radius 2 is 1.82 bits per heavy atom. The smallest absolute Gasteiger partial charge is 0.239 e. The molecule has 2 aromatic heterocycles. The van der Waals surface area contributed by atoms with Gasteiger partial charge in [0.2, 0.25) is 17.8 Å². The van der Waals surface area contributed by atoms with E-state index in [1.165, 1.54) is 0 Å². The topological polar surface area (TPSA) is 94.6 Å². The van der Waals surface area contributed by atoms with Crippen LogP contribution in [0, 0.1) is 0 Å². The summed E-state index contributed by atoms with van der Waals surface area (Å²) in [5.74, 6) is 0.957. The molecule has 28 heavy (non-hydrogen) atoms. The quantitative estimate of drug-likeness (QED) is 0.701. The average molecular weight is 448 g/mol. The standard InChI is InChI=1S/C18H22BrN7O2/c1-24(12-16(27)23-15-4-3-14(19)11-22-15)13-17(28)25-7-9-26(10-8-25)18-20-5-2-6-21-18/h2-6,11H,7-10,12-13H2,1H3,(H,22,23,27). The van der Waals surface area contributed by atoms with Gasteiger partial charge in [-0.05, 0) is 41.2 Å². The van der Waals surface area contributed by atoms with Crippen LogP contribution < -0.4 is 10.2 Å². The molecule has 0 radical (unpaired) electrons. The van der Waals surface area contributed by atoms with E-state index in [2.05, 4.69) is 41.1 Å². The summed E-state index contributed by atoms with van der Waals surface area (Å²) in [6.07, 6.45) is 5.04. The van der Waals surface area contributed by atoms with Gasteiger partial charge in [-0.2, -0.15) is 0 Å². The first-order valence-electron chi connectivity index (χ1n) is 8.91. The summed E-state index contributed by atoms with van der Waals surface area (Å²) in [6.45, 7) is 2.90. The SMILES string of the molecule is CN(CC(=O)Nc1ccc(Br)cn1)CC(=O)N1CCN(c2ncccn2)CC1. The molecule has 0 bridgehead atoms. The predicted octanol–water partition coefficient (Wildman–Crippen LogP) is 0.853. The fourth-order valence-electron chi connectivity index (χ4n) is 2.87. The first-order valence-corrected chi connectivity index (χ1v) is 9.70. The van der Waals surface area contributed by atoms with Crippen LogP contribution in [0.5, 0.6) is 0 Å². The number of likely N-dealkylation sites (N-methyl/N-ethyl adjacent to an activating group) is 1. The number of aromatic nitrogens is 3. The maximum Gasteiger partial charge on any atom is 0.239 e. The van der Waals surface area contributed by atoms with Crippen LogP contribution in [0.2, 0.25) is 0 Å². The molecule has 9 nitrogen and oxygen atoms in total. The molecule has 10 heteroatoms. The van der Waals surface area contributed by atoms with Crippen molar-refractivity contribution in [2.24, 2.45) is 0 Å². The van der Waals surface area contributed by atoms with E-state index in [1.807, 2.05) is 4.90 Å². The van der Waals surface area contributed by atoms with E-state index in [9.17, 15) is 9.59 Å². The molecule has 1 aliphatic rings. The molecule has 0 aromatic carbocycles. The van der Waals surface area contributed by atoms with Crippen molar-refractivity contribution < 1.29 is 9.59 Å². The lowest BCUT2D eigenvalue weighted by Crippen LogP contribution is -2.51. The third-order valence-electron chi connectivity index (χ3n) is 4.28. The second-order valence-corrected chi connectivity index (χ2v) is 7.41. The molecule has 0 spiro atoms. The Hall–Kier alpha value is -2.59. The van der Waals surface area contributed by atoms with Crippen LogP contribution in [-0.2, 0) is 9.59 Å². The average Bonchev–Trinajstić information content (AvgIpc) is 2.70. The molecule has 1 N–H and O–H groups in total. The summed E-state index contributed by atoms with van der Waals surface area (Å²) < 4.78 is 0.840. The van der Waals surface area contributed by atoms with Crippen LogP contribution in [0.3, 0.4) is 0 Å². The highest BCUT2D eigenvalue weighted by atomic mass is 79.9. The number of halogens is 1. The van der Waals surface area contributed by atoms with Gasteiger partial charge < -0.3 is 15.1 Å². The Balaban J connectivity index is 1.41. The Labute approximate surface area is 171 Å². The predicted molar refractivity (Wildman–Crippen MR) is 109 cm³/mol. The Morgan fingerprint density at radius 3 is 2.46 bits per heavy atom. The molecule has 2 aromatic rings. The number of amides is 2. The summed E-state index contributed by atoms with van der Waals surface area (Å²) in [5.41, 5.74) is 0. The van der Waals surface area contributed by atoms with Gasteiger partial charge in [0.1, 0.15) is 5.82 Å². The highest BCUT2D eigenvalue weighted by Crippen LogP contribution is 2.11. The third kappa shape index (κ3) is 5.70. The van der Waals surface area contributed by atoms with Crippen LogP contribution in [0.4, 0.5) is 11.8 Å². The Morgan fingerprint density at radius 1 is 1.11 bits per heavy atom. The van der Waals surface area contributed by atoms with Crippen LogP contribution in [0.1, 0.15) is 0 Å². The number of rotatable bonds is 6. The molecule has 0 aliphatic carbocycles. The van der Waals surface area contributed by atoms with Crippen molar-refractivity contribution in [3.05, 3.63) is 41.3 Å². The van der Waals surface area contributed by atoms with Gasteiger partial charge >= 0.3 is 0 Å². The lowest BCUT2D eigenvalue weighted by atomic mass is 10.3. The van der Waals surface area contributed by atoms with Crippen LogP contribution >= 0.6 is 15.9 Å². The number of anilines is 2.